The summed E-state index contributed by atoms with van der Waals surface area (Å²) >= 11 is 0. The Balaban J connectivity index is 3.19. The minimum atomic E-state index is -1.08. The molecule has 1 N–H and O–H groups in total. The maximum absolute atomic E-state index is 10.8. The van der Waals surface area contributed by atoms with Crippen molar-refractivity contribution in [2.24, 2.45) is 0 Å². The Bertz CT molecular complexity index is 335. The van der Waals surface area contributed by atoms with Crippen LogP contribution in [0.25, 0.3) is 0 Å². The van der Waals surface area contributed by atoms with Crippen LogP contribution in [-0.2, 0) is 11.3 Å². The van der Waals surface area contributed by atoms with Crippen LogP contribution in [0.4, 0.5) is 0 Å². The van der Waals surface area contributed by atoms with Gasteiger partial charge in [0.05, 0.1) is 6.10 Å². The number of carboxylic acids is 1. The normalized spacial score (nSPS) is 12.8. The van der Waals surface area contributed by atoms with E-state index in [1.165, 1.54) is 11.8 Å². The molecule has 0 saturated heterocycles. The number of carboxylic acid groups (broad SMARTS) is 1. The van der Waals surface area contributed by atoms with E-state index in [1.807, 2.05) is 6.92 Å². The molecule has 6 heteroatoms. The quantitative estimate of drug-likeness (QED) is 0.772. The molecule has 0 aliphatic heterocycles. The van der Waals surface area contributed by atoms with Crippen molar-refractivity contribution < 1.29 is 14.6 Å². The summed E-state index contributed by atoms with van der Waals surface area (Å²) < 4.78 is 6.59. The molecular formula is C8H13N3O3. The fourth-order valence-electron chi connectivity index (χ4n) is 1.22. The van der Waals surface area contributed by atoms with Crippen LogP contribution in [0.1, 0.15) is 36.1 Å². The number of hydrogen-bond acceptors (Lipinski definition) is 4. The van der Waals surface area contributed by atoms with Gasteiger partial charge in [-0.25, -0.2) is 9.48 Å². The van der Waals surface area contributed by atoms with Crippen molar-refractivity contribution in [3.8, 4) is 0 Å². The van der Waals surface area contributed by atoms with Gasteiger partial charge in [0.2, 0.25) is 0 Å². The van der Waals surface area contributed by atoms with Crippen LogP contribution in [0, 0.1) is 0 Å². The van der Waals surface area contributed by atoms with E-state index in [4.69, 9.17) is 9.84 Å². The van der Waals surface area contributed by atoms with E-state index in [1.54, 1.807) is 6.92 Å². The van der Waals surface area contributed by atoms with E-state index in [-0.39, 0.29) is 11.8 Å². The molecule has 1 aromatic rings. The van der Waals surface area contributed by atoms with Gasteiger partial charge in [0, 0.05) is 13.7 Å². The van der Waals surface area contributed by atoms with Crippen LogP contribution in [-0.4, -0.2) is 33.2 Å². The summed E-state index contributed by atoms with van der Waals surface area (Å²) in [6.45, 7) is 4.20. The molecular weight excluding hydrogens is 186 g/mol. The van der Waals surface area contributed by atoms with Crippen molar-refractivity contribution in [3.05, 3.63) is 11.4 Å². The van der Waals surface area contributed by atoms with Crippen LogP contribution in [0.15, 0.2) is 0 Å². The second-order valence-corrected chi connectivity index (χ2v) is 2.82. The lowest BCUT2D eigenvalue weighted by molar-refractivity contribution is 0.0674. The van der Waals surface area contributed by atoms with E-state index >= 15 is 0 Å². The molecule has 1 heterocycles. The summed E-state index contributed by atoms with van der Waals surface area (Å²) in [5.41, 5.74) is 0.462. The number of aromatic nitrogens is 3. The summed E-state index contributed by atoms with van der Waals surface area (Å²) in [6, 6.07) is 0. The van der Waals surface area contributed by atoms with Gasteiger partial charge in [0.25, 0.3) is 0 Å². The number of carbonyl (C=O) groups is 1. The number of aryl methyl sites for hydroxylation is 1. The Morgan fingerprint density at radius 1 is 1.71 bits per heavy atom. The maximum atomic E-state index is 10.8. The highest BCUT2D eigenvalue weighted by molar-refractivity contribution is 5.86. The number of hydrogen-bond donors (Lipinski definition) is 1. The molecule has 0 aromatic carbocycles. The van der Waals surface area contributed by atoms with Gasteiger partial charge in [0.15, 0.2) is 5.69 Å². The smallest absolute Gasteiger partial charge is 0.358 e. The van der Waals surface area contributed by atoms with Crippen LogP contribution in [0.2, 0.25) is 0 Å². The van der Waals surface area contributed by atoms with Crippen molar-refractivity contribution >= 4 is 5.97 Å². The summed E-state index contributed by atoms with van der Waals surface area (Å²) in [4.78, 5) is 10.8. The summed E-state index contributed by atoms with van der Waals surface area (Å²) in [5, 5.41) is 16.2. The van der Waals surface area contributed by atoms with Crippen molar-refractivity contribution in [2.75, 3.05) is 7.11 Å². The van der Waals surface area contributed by atoms with Crippen molar-refractivity contribution in [1.29, 1.82) is 0 Å². The molecule has 1 unspecified atom stereocenters. The van der Waals surface area contributed by atoms with E-state index in [0.29, 0.717) is 12.2 Å². The fraction of sp³-hybridized carbons (Fsp3) is 0.625. The molecule has 1 rings (SSSR count). The first-order valence-electron chi connectivity index (χ1n) is 4.31. The predicted molar refractivity (Wildman–Crippen MR) is 48.1 cm³/mol. The minimum Gasteiger partial charge on any atom is -0.476 e. The lowest BCUT2D eigenvalue weighted by Gasteiger charge is -2.10. The minimum absolute atomic E-state index is 0.0406. The van der Waals surface area contributed by atoms with E-state index in [0.717, 1.165) is 0 Å². The van der Waals surface area contributed by atoms with Gasteiger partial charge < -0.3 is 9.84 Å². The zero-order valence-corrected chi connectivity index (χ0v) is 8.39. The Morgan fingerprint density at radius 2 is 2.36 bits per heavy atom. The van der Waals surface area contributed by atoms with Gasteiger partial charge >= 0.3 is 5.97 Å². The molecule has 0 aliphatic rings. The zero-order valence-electron chi connectivity index (χ0n) is 8.39. The van der Waals surface area contributed by atoms with E-state index < -0.39 is 5.97 Å². The molecule has 0 fully saturated rings. The first-order chi connectivity index (χ1) is 6.61. The first kappa shape index (κ1) is 10.6. The SMILES string of the molecule is CCn1nnc(C(=O)O)c1C(C)OC. The Morgan fingerprint density at radius 3 is 2.79 bits per heavy atom. The lowest BCUT2D eigenvalue weighted by Crippen LogP contribution is -2.11. The highest BCUT2D eigenvalue weighted by atomic mass is 16.5. The van der Waals surface area contributed by atoms with Crippen molar-refractivity contribution in [1.82, 2.24) is 15.0 Å². The summed E-state index contributed by atoms with van der Waals surface area (Å²) in [5.74, 6) is -1.08. The monoisotopic (exact) mass is 199 g/mol. The lowest BCUT2D eigenvalue weighted by atomic mass is 10.2. The van der Waals surface area contributed by atoms with E-state index in [9.17, 15) is 4.79 Å². The molecule has 1 atom stereocenters. The summed E-state index contributed by atoms with van der Waals surface area (Å²) in [7, 11) is 1.52. The second-order valence-electron chi connectivity index (χ2n) is 2.82. The van der Waals surface area contributed by atoms with Crippen molar-refractivity contribution in [2.45, 2.75) is 26.5 Å². The molecule has 14 heavy (non-hydrogen) atoms. The largest absolute Gasteiger partial charge is 0.476 e. The predicted octanol–water partition coefficient (Wildman–Crippen LogP) is 0.704. The zero-order chi connectivity index (χ0) is 10.7. The van der Waals surface area contributed by atoms with Gasteiger partial charge in [-0.15, -0.1) is 5.10 Å². The number of methoxy groups -OCH3 is 1. The van der Waals surface area contributed by atoms with Gasteiger partial charge in [-0.1, -0.05) is 5.21 Å². The molecule has 0 radical (unpaired) electrons. The third-order valence-electron chi connectivity index (χ3n) is 2.01. The third kappa shape index (κ3) is 1.74. The fourth-order valence-corrected chi connectivity index (χ4v) is 1.22. The van der Waals surface area contributed by atoms with Crippen LogP contribution in [0.3, 0.4) is 0 Å². The molecule has 0 spiro atoms. The Kier molecular flexibility index (Phi) is 3.19. The highest BCUT2D eigenvalue weighted by Crippen LogP contribution is 2.18. The van der Waals surface area contributed by atoms with Gasteiger partial charge in [0.1, 0.15) is 5.69 Å². The third-order valence-corrected chi connectivity index (χ3v) is 2.01. The number of aromatic carboxylic acids is 1. The van der Waals surface area contributed by atoms with Gasteiger partial charge in [-0.05, 0) is 13.8 Å². The molecule has 78 valence electrons. The van der Waals surface area contributed by atoms with Crippen LogP contribution < -0.4 is 0 Å². The molecule has 0 amide bonds. The average Bonchev–Trinajstić information content (AvgIpc) is 2.59. The maximum Gasteiger partial charge on any atom is 0.358 e. The average molecular weight is 199 g/mol. The number of ether oxygens (including phenoxy) is 1. The molecule has 6 nitrogen and oxygen atoms in total. The Hall–Kier alpha value is -1.43. The summed E-state index contributed by atoms with van der Waals surface area (Å²) in [6.07, 6.45) is -0.323. The topological polar surface area (TPSA) is 77.2 Å². The Labute approximate surface area is 81.5 Å². The first-order valence-corrected chi connectivity index (χ1v) is 4.31. The second kappa shape index (κ2) is 4.19. The molecule has 1 aromatic heterocycles. The van der Waals surface area contributed by atoms with Crippen LogP contribution in [0.5, 0.6) is 0 Å². The van der Waals surface area contributed by atoms with Crippen molar-refractivity contribution in [3.63, 3.8) is 0 Å². The van der Waals surface area contributed by atoms with Gasteiger partial charge in [-0.3, -0.25) is 0 Å². The van der Waals surface area contributed by atoms with Crippen LogP contribution >= 0.6 is 0 Å². The van der Waals surface area contributed by atoms with E-state index in [2.05, 4.69) is 10.3 Å². The number of nitrogens with zero attached hydrogens (tertiary/aromatic N) is 3. The standard InChI is InChI=1S/C8H13N3O3/c1-4-11-7(5(2)14-3)6(8(12)13)9-10-11/h5H,4H2,1-3H3,(H,12,13). The molecule has 0 aliphatic carbocycles. The highest BCUT2D eigenvalue weighted by Gasteiger charge is 2.22. The van der Waals surface area contributed by atoms with Gasteiger partial charge in [-0.2, -0.15) is 0 Å². The number of rotatable bonds is 4. The molecule has 0 saturated carbocycles. The molecule has 0 bridgehead atoms.